The number of carbonyl (C=O) groups excluding carboxylic acids is 1. The number of rotatable bonds is 8. The van der Waals surface area contributed by atoms with E-state index in [4.69, 9.17) is 10.6 Å². The highest BCUT2D eigenvalue weighted by atomic mass is 16.5. The molecule has 5 nitrogen and oxygen atoms in total. The molecule has 3 N–H and O–H groups in total. The summed E-state index contributed by atoms with van der Waals surface area (Å²) in [6.45, 7) is 6.55. The van der Waals surface area contributed by atoms with E-state index in [2.05, 4.69) is 10.3 Å². The van der Waals surface area contributed by atoms with Gasteiger partial charge in [-0.1, -0.05) is 0 Å². The molecular formula is C10H23N3O2. The van der Waals surface area contributed by atoms with E-state index in [-0.39, 0.29) is 12.0 Å². The van der Waals surface area contributed by atoms with Gasteiger partial charge in [-0.3, -0.25) is 10.2 Å². The summed E-state index contributed by atoms with van der Waals surface area (Å²) in [5, 5.41) is 0. The van der Waals surface area contributed by atoms with Crippen LogP contribution in [0.3, 0.4) is 0 Å². The fourth-order valence-electron chi connectivity index (χ4n) is 1.14. The lowest BCUT2D eigenvalue weighted by molar-refractivity contribution is -0.121. The summed E-state index contributed by atoms with van der Waals surface area (Å²) in [6.07, 6.45) is 1.58. The molecule has 0 rings (SSSR count). The Labute approximate surface area is 91.9 Å². The summed E-state index contributed by atoms with van der Waals surface area (Å²) < 4.78 is 5.42. The van der Waals surface area contributed by atoms with Crippen molar-refractivity contribution in [1.29, 1.82) is 0 Å². The zero-order valence-corrected chi connectivity index (χ0v) is 9.95. The first-order valence-electron chi connectivity index (χ1n) is 5.36. The summed E-state index contributed by atoms with van der Waals surface area (Å²) in [4.78, 5) is 13.0. The van der Waals surface area contributed by atoms with Crippen LogP contribution in [-0.2, 0) is 9.53 Å². The van der Waals surface area contributed by atoms with Crippen LogP contribution < -0.4 is 11.3 Å². The number of hydrogen-bond donors (Lipinski definition) is 2. The van der Waals surface area contributed by atoms with Gasteiger partial charge in [0.05, 0.1) is 12.7 Å². The van der Waals surface area contributed by atoms with Crippen molar-refractivity contribution in [1.82, 2.24) is 10.3 Å². The highest BCUT2D eigenvalue weighted by Gasteiger charge is 2.02. The van der Waals surface area contributed by atoms with E-state index >= 15 is 0 Å². The lowest BCUT2D eigenvalue weighted by atomic mass is 10.3. The van der Waals surface area contributed by atoms with Gasteiger partial charge in [0.25, 0.3) is 0 Å². The molecule has 0 fully saturated rings. The molecule has 5 heteroatoms. The third-order valence-electron chi connectivity index (χ3n) is 2.03. The van der Waals surface area contributed by atoms with E-state index < -0.39 is 0 Å². The molecule has 0 aromatic carbocycles. The summed E-state index contributed by atoms with van der Waals surface area (Å²) in [5.41, 5.74) is 2.11. The van der Waals surface area contributed by atoms with Gasteiger partial charge < -0.3 is 9.64 Å². The smallest absolute Gasteiger partial charge is 0.233 e. The first kappa shape index (κ1) is 14.3. The maximum atomic E-state index is 10.8. The maximum Gasteiger partial charge on any atom is 0.233 e. The van der Waals surface area contributed by atoms with Crippen molar-refractivity contribution in [3.8, 4) is 0 Å². The topological polar surface area (TPSA) is 67.6 Å². The number of carbonyl (C=O) groups is 1. The molecule has 0 saturated carbocycles. The van der Waals surface area contributed by atoms with Gasteiger partial charge in [0.2, 0.25) is 5.91 Å². The Hall–Kier alpha value is -0.650. The number of nitrogens with two attached hydrogens (primary N) is 1. The van der Waals surface area contributed by atoms with Gasteiger partial charge in [0.15, 0.2) is 0 Å². The van der Waals surface area contributed by atoms with Crippen molar-refractivity contribution >= 4 is 5.91 Å². The molecule has 90 valence electrons. The molecular weight excluding hydrogens is 194 g/mol. The van der Waals surface area contributed by atoms with Crippen molar-refractivity contribution in [3.05, 3.63) is 0 Å². The molecule has 0 spiro atoms. The minimum Gasteiger partial charge on any atom is -0.377 e. The zero-order valence-electron chi connectivity index (χ0n) is 9.95. The average Bonchev–Trinajstić information content (AvgIpc) is 2.17. The van der Waals surface area contributed by atoms with Gasteiger partial charge in [-0.25, -0.2) is 5.84 Å². The molecule has 0 aliphatic rings. The summed E-state index contributed by atoms with van der Waals surface area (Å²) in [7, 11) is 2.02. The van der Waals surface area contributed by atoms with E-state index in [1.807, 2.05) is 20.9 Å². The van der Waals surface area contributed by atoms with Gasteiger partial charge in [-0.05, 0) is 33.9 Å². The molecule has 1 amide bonds. The normalized spacial score (nSPS) is 11.1. The predicted molar refractivity (Wildman–Crippen MR) is 60.1 cm³/mol. The zero-order chi connectivity index (χ0) is 11.7. The predicted octanol–water partition coefficient (Wildman–Crippen LogP) is 0.113. The molecule has 15 heavy (non-hydrogen) atoms. The Morgan fingerprint density at radius 3 is 2.67 bits per heavy atom. The fourth-order valence-corrected chi connectivity index (χ4v) is 1.14. The van der Waals surface area contributed by atoms with Gasteiger partial charge in [-0.15, -0.1) is 0 Å². The number of nitrogens with one attached hydrogen (secondary N) is 1. The highest BCUT2D eigenvalue weighted by Crippen LogP contribution is 1.94. The molecule has 0 aliphatic carbocycles. The van der Waals surface area contributed by atoms with E-state index in [0.29, 0.717) is 6.42 Å². The van der Waals surface area contributed by atoms with Crippen LogP contribution in [0.5, 0.6) is 0 Å². The Morgan fingerprint density at radius 1 is 1.47 bits per heavy atom. The number of hydrogen-bond acceptors (Lipinski definition) is 4. The number of nitrogens with zero attached hydrogens (tertiary/aromatic N) is 1. The lowest BCUT2D eigenvalue weighted by Gasteiger charge is -2.17. The number of hydrazine groups is 1. The van der Waals surface area contributed by atoms with Crippen LogP contribution in [0.25, 0.3) is 0 Å². The average molecular weight is 217 g/mol. The van der Waals surface area contributed by atoms with E-state index in [1.165, 1.54) is 0 Å². The summed E-state index contributed by atoms with van der Waals surface area (Å²) in [6, 6.07) is 0. The van der Waals surface area contributed by atoms with Gasteiger partial charge in [-0.2, -0.15) is 0 Å². The molecule has 0 heterocycles. The molecule has 0 bridgehead atoms. The molecule has 0 aromatic heterocycles. The van der Waals surface area contributed by atoms with Crippen molar-refractivity contribution < 1.29 is 9.53 Å². The van der Waals surface area contributed by atoms with Gasteiger partial charge >= 0.3 is 0 Å². The van der Waals surface area contributed by atoms with Crippen molar-refractivity contribution in [2.45, 2.75) is 32.8 Å². The number of likely N-dealkylation sites (N-methyl/N-ethyl adjacent to an activating group) is 1. The summed E-state index contributed by atoms with van der Waals surface area (Å²) in [5.74, 6) is 4.86. The van der Waals surface area contributed by atoms with Crippen LogP contribution in [0.4, 0.5) is 0 Å². The Bertz CT molecular complexity index is 174. The Morgan fingerprint density at radius 2 is 2.13 bits per heavy atom. The van der Waals surface area contributed by atoms with Crippen LogP contribution >= 0.6 is 0 Å². The van der Waals surface area contributed by atoms with Crippen molar-refractivity contribution in [2.24, 2.45) is 5.84 Å². The highest BCUT2D eigenvalue weighted by molar-refractivity contribution is 5.75. The minimum absolute atomic E-state index is 0.109. The summed E-state index contributed by atoms with van der Waals surface area (Å²) >= 11 is 0. The van der Waals surface area contributed by atoms with Crippen LogP contribution in [0.1, 0.15) is 26.7 Å². The Kier molecular flexibility index (Phi) is 8.27. The second-order valence-electron chi connectivity index (χ2n) is 3.89. The van der Waals surface area contributed by atoms with Crippen LogP contribution in [-0.4, -0.2) is 43.7 Å². The van der Waals surface area contributed by atoms with Gasteiger partial charge in [0.1, 0.15) is 0 Å². The number of amides is 1. The quantitative estimate of drug-likeness (QED) is 0.344. The maximum absolute atomic E-state index is 10.8. The van der Waals surface area contributed by atoms with Crippen LogP contribution in [0, 0.1) is 0 Å². The monoisotopic (exact) mass is 217 g/mol. The SMILES string of the molecule is CC(C)OCCN(C)CCCC(=O)NN. The van der Waals surface area contributed by atoms with Crippen molar-refractivity contribution in [3.63, 3.8) is 0 Å². The molecule has 0 aliphatic heterocycles. The molecule has 0 unspecified atom stereocenters. The standard InChI is InChI=1S/C10H23N3O2/c1-9(2)15-8-7-13(3)6-4-5-10(14)12-11/h9H,4-8,11H2,1-3H3,(H,12,14). The second-order valence-corrected chi connectivity index (χ2v) is 3.89. The third kappa shape index (κ3) is 9.65. The third-order valence-corrected chi connectivity index (χ3v) is 2.03. The van der Waals surface area contributed by atoms with E-state index in [9.17, 15) is 4.79 Å². The van der Waals surface area contributed by atoms with E-state index in [1.54, 1.807) is 0 Å². The minimum atomic E-state index is -0.109. The van der Waals surface area contributed by atoms with Crippen molar-refractivity contribution in [2.75, 3.05) is 26.7 Å². The van der Waals surface area contributed by atoms with Gasteiger partial charge in [0, 0.05) is 13.0 Å². The first-order valence-corrected chi connectivity index (χ1v) is 5.36. The van der Waals surface area contributed by atoms with Crippen LogP contribution in [0.2, 0.25) is 0 Å². The number of ether oxygens (including phenoxy) is 1. The van der Waals surface area contributed by atoms with E-state index in [0.717, 1.165) is 26.1 Å². The second kappa shape index (κ2) is 8.64. The molecule has 0 aromatic rings. The van der Waals surface area contributed by atoms with Crippen LogP contribution in [0.15, 0.2) is 0 Å². The fraction of sp³-hybridized carbons (Fsp3) is 0.900. The lowest BCUT2D eigenvalue weighted by Crippen LogP contribution is -2.31. The molecule has 0 saturated heterocycles. The molecule has 0 radical (unpaired) electrons. The largest absolute Gasteiger partial charge is 0.377 e. The first-order chi connectivity index (χ1) is 7.06. The Balaban J connectivity index is 3.33. The molecule has 0 atom stereocenters.